The van der Waals surface area contributed by atoms with Gasteiger partial charge in [-0.05, 0) is 42.7 Å². The van der Waals surface area contributed by atoms with Gasteiger partial charge in [-0.15, -0.1) is 0 Å². The molecule has 144 valence electrons. The summed E-state index contributed by atoms with van der Waals surface area (Å²) in [7, 11) is 0. The van der Waals surface area contributed by atoms with Gasteiger partial charge in [-0.2, -0.15) is 0 Å². The fourth-order valence-electron chi connectivity index (χ4n) is 3.71. The number of aromatic nitrogens is 2. The van der Waals surface area contributed by atoms with Crippen molar-refractivity contribution in [3.63, 3.8) is 0 Å². The van der Waals surface area contributed by atoms with Crippen LogP contribution in [0.2, 0.25) is 0 Å². The van der Waals surface area contributed by atoms with Crippen LogP contribution in [0.5, 0.6) is 0 Å². The molecule has 4 rings (SSSR count). The molecule has 1 aliphatic rings. The molecule has 6 nitrogen and oxygen atoms in total. The summed E-state index contributed by atoms with van der Waals surface area (Å²) in [6.45, 7) is 0.516. The third-order valence-corrected chi connectivity index (χ3v) is 5.22. The van der Waals surface area contributed by atoms with E-state index in [4.69, 9.17) is 0 Å². The van der Waals surface area contributed by atoms with Crippen LogP contribution >= 0.6 is 0 Å². The SMILES string of the molecule is O=C(Nc1cccc(CNc2cc(=O)n3ccccc3n2)c1)C1CCCCC1. The van der Waals surface area contributed by atoms with Gasteiger partial charge in [0.2, 0.25) is 5.91 Å². The van der Waals surface area contributed by atoms with Crippen molar-refractivity contribution in [2.45, 2.75) is 38.6 Å². The minimum Gasteiger partial charge on any atom is -0.366 e. The van der Waals surface area contributed by atoms with Crippen LogP contribution in [0.15, 0.2) is 59.5 Å². The predicted octanol–water partition coefficient (Wildman–Crippen LogP) is 3.83. The molecule has 0 aliphatic heterocycles. The van der Waals surface area contributed by atoms with E-state index in [-0.39, 0.29) is 17.4 Å². The monoisotopic (exact) mass is 376 g/mol. The molecular formula is C22H24N4O2. The van der Waals surface area contributed by atoms with Gasteiger partial charge in [0.05, 0.1) is 0 Å². The van der Waals surface area contributed by atoms with E-state index in [1.165, 1.54) is 16.9 Å². The van der Waals surface area contributed by atoms with Crippen LogP contribution in [0.1, 0.15) is 37.7 Å². The lowest BCUT2D eigenvalue weighted by molar-refractivity contribution is -0.120. The van der Waals surface area contributed by atoms with Crippen molar-refractivity contribution in [1.82, 2.24) is 9.38 Å². The molecule has 1 fully saturated rings. The van der Waals surface area contributed by atoms with Crippen molar-refractivity contribution in [1.29, 1.82) is 0 Å². The maximum atomic E-state index is 12.4. The smallest absolute Gasteiger partial charge is 0.259 e. The number of rotatable bonds is 5. The van der Waals surface area contributed by atoms with Gasteiger partial charge < -0.3 is 10.6 Å². The summed E-state index contributed by atoms with van der Waals surface area (Å²) in [5, 5.41) is 6.25. The zero-order valence-electron chi connectivity index (χ0n) is 15.7. The van der Waals surface area contributed by atoms with Crippen LogP contribution < -0.4 is 16.2 Å². The molecule has 6 heteroatoms. The molecule has 1 amide bonds. The molecule has 0 radical (unpaired) electrons. The molecule has 28 heavy (non-hydrogen) atoms. The first-order valence-corrected chi connectivity index (χ1v) is 9.81. The number of fused-ring (bicyclic) bond motifs is 1. The van der Waals surface area contributed by atoms with Crippen molar-refractivity contribution in [3.8, 4) is 0 Å². The second-order valence-corrected chi connectivity index (χ2v) is 7.29. The zero-order valence-corrected chi connectivity index (χ0v) is 15.7. The lowest BCUT2D eigenvalue weighted by Gasteiger charge is -2.20. The minimum atomic E-state index is -0.124. The van der Waals surface area contributed by atoms with E-state index in [2.05, 4.69) is 15.6 Å². The van der Waals surface area contributed by atoms with Gasteiger partial charge in [0.15, 0.2) is 0 Å². The Morgan fingerprint density at radius 2 is 1.93 bits per heavy atom. The minimum absolute atomic E-state index is 0.119. The van der Waals surface area contributed by atoms with Gasteiger partial charge in [-0.1, -0.05) is 37.5 Å². The number of pyridine rings is 1. The van der Waals surface area contributed by atoms with E-state index in [1.807, 2.05) is 30.3 Å². The van der Waals surface area contributed by atoms with Gasteiger partial charge >= 0.3 is 0 Å². The molecule has 1 aliphatic carbocycles. The molecule has 1 aromatic carbocycles. The fraction of sp³-hybridized carbons (Fsp3) is 0.318. The average molecular weight is 376 g/mol. The normalized spacial score (nSPS) is 14.7. The first-order chi connectivity index (χ1) is 13.7. The number of benzene rings is 1. The number of nitrogens with one attached hydrogen (secondary N) is 2. The summed E-state index contributed by atoms with van der Waals surface area (Å²) in [6.07, 6.45) is 7.18. The molecule has 2 N–H and O–H groups in total. The quantitative estimate of drug-likeness (QED) is 0.710. The molecule has 0 bridgehead atoms. The Kier molecular flexibility index (Phi) is 5.37. The summed E-state index contributed by atoms with van der Waals surface area (Å²) in [4.78, 5) is 29.1. The Morgan fingerprint density at radius 1 is 1.07 bits per heavy atom. The highest BCUT2D eigenvalue weighted by Gasteiger charge is 2.21. The van der Waals surface area contributed by atoms with E-state index in [0.717, 1.165) is 36.9 Å². The van der Waals surface area contributed by atoms with E-state index in [1.54, 1.807) is 18.3 Å². The van der Waals surface area contributed by atoms with Crippen LogP contribution in [-0.4, -0.2) is 15.3 Å². The molecule has 0 unspecified atom stereocenters. The topological polar surface area (TPSA) is 75.5 Å². The van der Waals surface area contributed by atoms with Crippen molar-refractivity contribution >= 4 is 23.1 Å². The number of carbonyl (C=O) groups excluding carboxylic acids is 1. The maximum absolute atomic E-state index is 12.4. The lowest BCUT2D eigenvalue weighted by Crippen LogP contribution is -2.24. The van der Waals surface area contributed by atoms with Crippen LogP contribution in [0.4, 0.5) is 11.5 Å². The van der Waals surface area contributed by atoms with Crippen molar-refractivity contribution < 1.29 is 4.79 Å². The first-order valence-electron chi connectivity index (χ1n) is 9.81. The summed E-state index contributed by atoms with van der Waals surface area (Å²) in [5.74, 6) is 0.784. The number of amides is 1. The Hall–Kier alpha value is -3.15. The molecule has 2 aromatic heterocycles. The number of hydrogen-bond acceptors (Lipinski definition) is 4. The van der Waals surface area contributed by atoms with Crippen LogP contribution in [0.25, 0.3) is 5.65 Å². The van der Waals surface area contributed by atoms with Gasteiger partial charge in [0, 0.05) is 30.4 Å². The summed E-state index contributed by atoms with van der Waals surface area (Å²) < 4.78 is 1.51. The zero-order chi connectivity index (χ0) is 19.3. The van der Waals surface area contributed by atoms with E-state index >= 15 is 0 Å². The van der Waals surface area contributed by atoms with Gasteiger partial charge in [-0.25, -0.2) is 4.98 Å². The lowest BCUT2D eigenvalue weighted by atomic mass is 9.88. The molecule has 0 saturated heterocycles. The second kappa shape index (κ2) is 8.25. The standard InChI is InChI=1S/C22H24N4O2/c27-21-14-19(25-20-11-4-5-12-26(20)21)23-15-16-7-6-10-18(13-16)24-22(28)17-8-2-1-3-9-17/h4-7,10-14,17,23H,1-3,8-9,15H2,(H,24,28). The van der Waals surface area contributed by atoms with Crippen LogP contribution in [-0.2, 0) is 11.3 Å². The molecule has 0 atom stereocenters. The Morgan fingerprint density at radius 3 is 2.79 bits per heavy atom. The van der Waals surface area contributed by atoms with Crippen molar-refractivity contribution in [2.24, 2.45) is 5.92 Å². The summed E-state index contributed by atoms with van der Waals surface area (Å²) in [5.41, 5.74) is 2.30. The van der Waals surface area contributed by atoms with Crippen LogP contribution in [0.3, 0.4) is 0 Å². The van der Waals surface area contributed by atoms with Crippen molar-refractivity contribution in [3.05, 3.63) is 70.6 Å². The number of anilines is 2. The van der Waals surface area contributed by atoms with E-state index < -0.39 is 0 Å². The maximum Gasteiger partial charge on any atom is 0.259 e. The van der Waals surface area contributed by atoms with Crippen LogP contribution in [0, 0.1) is 5.92 Å². The highest BCUT2D eigenvalue weighted by atomic mass is 16.2. The number of hydrogen-bond donors (Lipinski definition) is 2. The Bertz CT molecular complexity index is 1040. The summed E-state index contributed by atoms with van der Waals surface area (Å²) in [6, 6.07) is 14.7. The van der Waals surface area contributed by atoms with Gasteiger partial charge in [0.1, 0.15) is 11.5 Å². The second-order valence-electron chi connectivity index (χ2n) is 7.29. The third kappa shape index (κ3) is 4.22. The Labute approximate surface area is 163 Å². The average Bonchev–Trinajstić information content (AvgIpc) is 2.73. The fourth-order valence-corrected chi connectivity index (χ4v) is 3.71. The largest absolute Gasteiger partial charge is 0.366 e. The first kappa shape index (κ1) is 18.2. The van der Waals surface area contributed by atoms with Gasteiger partial charge in [0.25, 0.3) is 5.56 Å². The molecule has 0 spiro atoms. The number of nitrogens with zero attached hydrogens (tertiary/aromatic N) is 2. The summed E-state index contributed by atoms with van der Waals surface area (Å²) >= 11 is 0. The van der Waals surface area contributed by atoms with Gasteiger partial charge in [-0.3, -0.25) is 14.0 Å². The molecule has 3 aromatic rings. The highest BCUT2D eigenvalue weighted by molar-refractivity contribution is 5.92. The molecular weight excluding hydrogens is 352 g/mol. The van der Waals surface area contributed by atoms with E-state index in [0.29, 0.717) is 18.0 Å². The highest BCUT2D eigenvalue weighted by Crippen LogP contribution is 2.25. The Balaban J connectivity index is 1.42. The molecule has 1 saturated carbocycles. The predicted molar refractivity (Wildman–Crippen MR) is 110 cm³/mol. The van der Waals surface area contributed by atoms with Crippen molar-refractivity contribution in [2.75, 3.05) is 10.6 Å². The number of carbonyl (C=O) groups is 1. The molecule has 2 heterocycles. The van der Waals surface area contributed by atoms with E-state index in [9.17, 15) is 9.59 Å². The third-order valence-electron chi connectivity index (χ3n) is 5.22.